The van der Waals surface area contributed by atoms with Crippen LogP contribution in [0.4, 0.5) is 11.6 Å². The van der Waals surface area contributed by atoms with Gasteiger partial charge in [-0.05, 0) is 57.5 Å². The highest BCUT2D eigenvalue weighted by Gasteiger charge is 2.32. The van der Waals surface area contributed by atoms with Crippen molar-refractivity contribution in [3.63, 3.8) is 0 Å². The molecule has 33 heavy (non-hydrogen) atoms. The van der Waals surface area contributed by atoms with Gasteiger partial charge in [0.25, 0.3) is 5.91 Å². The van der Waals surface area contributed by atoms with Gasteiger partial charge in [0.1, 0.15) is 28.7 Å². The topological polar surface area (TPSA) is 101 Å². The maximum atomic E-state index is 12.6. The number of anilines is 2. The lowest BCUT2D eigenvalue weighted by atomic mass is 10.1. The first-order valence-corrected chi connectivity index (χ1v) is 11.2. The summed E-state index contributed by atoms with van der Waals surface area (Å²) in [4.78, 5) is 28.6. The Bertz CT molecular complexity index is 1280. The molecule has 1 atom stereocenters. The minimum absolute atomic E-state index is 0.213. The van der Waals surface area contributed by atoms with Crippen molar-refractivity contribution in [2.75, 3.05) is 17.6 Å². The molecule has 0 saturated carbocycles. The second kappa shape index (κ2) is 8.63. The fourth-order valence-corrected chi connectivity index (χ4v) is 4.61. The van der Waals surface area contributed by atoms with E-state index in [1.807, 2.05) is 24.4 Å². The van der Waals surface area contributed by atoms with Gasteiger partial charge in [0.05, 0.1) is 6.04 Å². The number of nitrogens with zero attached hydrogens (tertiary/aromatic N) is 5. The van der Waals surface area contributed by atoms with Crippen molar-refractivity contribution in [1.82, 2.24) is 24.3 Å². The summed E-state index contributed by atoms with van der Waals surface area (Å²) in [5.74, 6) is 1.73. The Kier molecular flexibility index (Phi) is 5.51. The predicted molar refractivity (Wildman–Crippen MR) is 129 cm³/mol. The van der Waals surface area contributed by atoms with E-state index in [9.17, 15) is 4.79 Å². The van der Waals surface area contributed by atoms with Gasteiger partial charge in [-0.25, -0.2) is 15.0 Å². The van der Waals surface area contributed by atoms with E-state index < -0.39 is 0 Å². The number of nitrogens with one attached hydrogen (secondary N) is 1. The van der Waals surface area contributed by atoms with Crippen molar-refractivity contribution in [2.45, 2.75) is 38.8 Å². The molecule has 0 bridgehead atoms. The van der Waals surface area contributed by atoms with E-state index in [0.717, 1.165) is 42.0 Å². The lowest BCUT2D eigenvalue weighted by Crippen LogP contribution is -2.31. The molecule has 3 aromatic heterocycles. The average molecular weight is 442 g/mol. The van der Waals surface area contributed by atoms with E-state index >= 15 is 0 Å². The predicted octanol–water partition coefficient (Wildman–Crippen LogP) is 4.17. The van der Waals surface area contributed by atoms with Crippen LogP contribution in [0.25, 0.3) is 16.8 Å². The number of aromatic nitrogens is 4. The molecule has 1 fully saturated rings. The van der Waals surface area contributed by atoms with E-state index in [1.54, 1.807) is 36.7 Å². The third-order valence-corrected chi connectivity index (χ3v) is 6.19. The summed E-state index contributed by atoms with van der Waals surface area (Å²) in [6.45, 7) is 5.51. The Labute approximate surface area is 192 Å². The first kappa shape index (κ1) is 21.1. The molecule has 0 unspecified atom stereocenters. The van der Waals surface area contributed by atoms with Gasteiger partial charge in [0, 0.05) is 35.8 Å². The van der Waals surface area contributed by atoms with E-state index in [4.69, 9.17) is 10.7 Å². The molecule has 1 saturated heterocycles. The smallest absolute Gasteiger partial charge is 0.256 e. The number of hydrogen-bond acceptors (Lipinski definition) is 6. The van der Waals surface area contributed by atoms with Crippen LogP contribution in [0.5, 0.6) is 0 Å². The number of carbonyl (C=O) groups excluding carboxylic acids is 1. The molecule has 0 aliphatic carbocycles. The lowest BCUT2D eigenvalue weighted by molar-refractivity contribution is 0.102. The third kappa shape index (κ3) is 3.93. The lowest BCUT2D eigenvalue weighted by Gasteiger charge is -2.27. The van der Waals surface area contributed by atoms with Crippen molar-refractivity contribution in [3.8, 4) is 11.3 Å². The number of likely N-dealkylation sites (tertiary alicyclic amines) is 1. The van der Waals surface area contributed by atoms with Crippen LogP contribution < -0.4 is 11.1 Å². The number of hydrogen-bond donors (Lipinski definition) is 2. The average Bonchev–Trinajstić information content (AvgIpc) is 3.45. The molecule has 1 aliphatic rings. The molecular weight excluding hydrogens is 414 g/mol. The molecule has 3 N–H and O–H groups in total. The Morgan fingerprint density at radius 3 is 2.67 bits per heavy atom. The maximum absolute atomic E-state index is 12.6. The molecular formula is C25H27N7O. The number of pyridine rings is 1. The van der Waals surface area contributed by atoms with Crippen LogP contribution in [0, 0.1) is 0 Å². The van der Waals surface area contributed by atoms with Gasteiger partial charge >= 0.3 is 0 Å². The molecule has 1 aliphatic heterocycles. The first-order chi connectivity index (χ1) is 16.0. The van der Waals surface area contributed by atoms with Crippen LogP contribution in [-0.4, -0.2) is 42.7 Å². The first-order valence-electron chi connectivity index (χ1n) is 11.2. The minimum Gasteiger partial charge on any atom is -0.382 e. The van der Waals surface area contributed by atoms with Crippen LogP contribution >= 0.6 is 0 Å². The number of nitrogens with two attached hydrogens (primary N) is 1. The van der Waals surface area contributed by atoms with Crippen LogP contribution in [-0.2, 0) is 0 Å². The molecule has 8 heteroatoms. The monoisotopic (exact) mass is 441 g/mol. The van der Waals surface area contributed by atoms with E-state index in [0.29, 0.717) is 23.2 Å². The molecule has 1 amide bonds. The minimum atomic E-state index is -0.213. The number of carbonyl (C=O) groups is 1. The second-order valence-corrected chi connectivity index (χ2v) is 8.59. The van der Waals surface area contributed by atoms with E-state index in [1.165, 1.54) is 0 Å². The Balaban J connectivity index is 1.50. The second-order valence-electron chi connectivity index (χ2n) is 8.59. The number of nitrogen functional groups attached to an aromatic ring is 1. The zero-order valence-electron chi connectivity index (χ0n) is 18.8. The number of imidazole rings is 1. The normalized spacial score (nSPS) is 16.5. The summed E-state index contributed by atoms with van der Waals surface area (Å²) in [6, 6.07) is 13.4. The van der Waals surface area contributed by atoms with Crippen molar-refractivity contribution in [2.24, 2.45) is 0 Å². The highest BCUT2D eigenvalue weighted by molar-refractivity contribution is 6.04. The van der Waals surface area contributed by atoms with Crippen LogP contribution in [0.2, 0.25) is 0 Å². The van der Waals surface area contributed by atoms with Gasteiger partial charge in [-0.2, -0.15) is 0 Å². The standard InChI is InChI=1S/C25H27N7O/c1-16(2)31-14-5-6-19(31)24-30-21(22-23(26)28-13-15-32(22)24)17-8-10-18(11-9-17)25(33)29-20-7-3-4-12-27-20/h3-4,7-13,15-16,19H,5-6,14H2,1-2H3,(H2,26,28)(H,27,29,33)/t19-/m0/s1. The van der Waals surface area contributed by atoms with Gasteiger partial charge in [-0.1, -0.05) is 18.2 Å². The van der Waals surface area contributed by atoms with Gasteiger partial charge in [0.15, 0.2) is 0 Å². The number of benzene rings is 1. The quantitative estimate of drug-likeness (QED) is 0.482. The molecule has 4 heterocycles. The van der Waals surface area contributed by atoms with Crippen molar-refractivity contribution in [1.29, 1.82) is 0 Å². The zero-order chi connectivity index (χ0) is 22.9. The highest BCUT2D eigenvalue weighted by Crippen LogP contribution is 2.37. The number of amides is 1. The van der Waals surface area contributed by atoms with Gasteiger partial charge in [-0.3, -0.25) is 14.1 Å². The van der Waals surface area contributed by atoms with E-state index in [-0.39, 0.29) is 11.9 Å². The Morgan fingerprint density at radius 1 is 1.12 bits per heavy atom. The van der Waals surface area contributed by atoms with Gasteiger partial charge in [-0.15, -0.1) is 0 Å². The molecule has 1 aromatic carbocycles. The van der Waals surface area contributed by atoms with Crippen LogP contribution in [0.3, 0.4) is 0 Å². The van der Waals surface area contributed by atoms with Crippen LogP contribution in [0.15, 0.2) is 61.1 Å². The molecule has 0 spiro atoms. The summed E-state index contributed by atoms with van der Waals surface area (Å²) in [6.07, 6.45) is 7.50. The molecule has 8 nitrogen and oxygen atoms in total. The maximum Gasteiger partial charge on any atom is 0.256 e. The highest BCUT2D eigenvalue weighted by atomic mass is 16.1. The van der Waals surface area contributed by atoms with Crippen molar-refractivity contribution < 1.29 is 4.79 Å². The van der Waals surface area contributed by atoms with Crippen LogP contribution in [0.1, 0.15) is 48.9 Å². The van der Waals surface area contributed by atoms with Crippen molar-refractivity contribution in [3.05, 3.63) is 72.4 Å². The summed E-state index contributed by atoms with van der Waals surface area (Å²) >= 11 is 0. The third-order valence-electron chi connectivity index (χ3n) is 6.19. The summed E-state index contributed by atoms with van der Waals surface area (Å²) in [5.41, 5.74) is 9.32. The molecule has 168 valence electrons. The largest absolute Gasteiger partial charge is 0.382 e. The summed E-state index contributed by atoms with van der Waals surface area (Å²) in [7, 11) is 0. The Morgan fingerprint density at radius 2 is 1.94 bits per heavy atom. The zero-order valence-corrected chi connectivity index (χ0v) is 18.8. The van der Waals surface area contributed by atoms with Crippen molar-refractivity contribution >= 4 is 23.1 Å². The summed E-state index contributed by atoms with van der Waals surface area (Å²) in [5, 5.41) is 2.81. The number of fused-ring (bicyclic) bond motifs is 1. The Hall–Kier alpha value is -3.78. The van der Waals surface area contributed by atoms with Gasteiger partial charge < -0.3 is 11.1 Å². The fraction of sp³-hybridized carbons (Fsp3) is 0.280. The van der Waals surface area contributed by atoms with Gasteiger partial charge in [0.2, 0.25) is 0 Å². The number of rotatable bonds is 5. The summed E-state index contributed by atoms with van der Waals surface area (Å²) < 4.78 is 2.07. The molecule has 4 aromatic rings. The molecule has 5 rings (SSSR count). The molecule has 0 radical (unpaired) electrons. The van der Waals surface area contributed by atoms with E-state index in [2.05, 4.69) is 38.4 Å². The SMILES string of the molecule is CC(C)N1CCC[C@H]1c1nc(-c2ccc(C(=O)Nc3ccccn3)cc2)c2c(N)nccn12. The fourth-order valence-electron chi connectivity index (χ4n) is 4.61.